The number of carboxylic acid groups (broad SMARTS) is 1. The fourth-order valence-corrected chi connectivity index (χ4v) is 4.10. The van der Waals surface area contributed by atoms with E-state index in [0.29, 0.717) is 17.4 Å². The monoisotopic (exact) mass is 317 g/mol. The van der Waals surface area contributed by atoms with E-state index in [9.17, 15) is 14.4 Å². The van der Waals surface area contributed by atoms with E-state index < -0.39 is 16.5 Å². The summed E-state index contributed by atoms with van der Waals surface area (Å²) in [5.74, 6) is -1.76. The Kier molecular flexibility index (Phi) is 5.11. The van der Waals surface area contributed by atoms with Gasteiger partial charge >= 0.3 is 5.97 Å². The molecule has 8 heteroatoms. The topological polar surface area (TPSA) is 92.7 Å². The molecular weight excluding hydrogens is 302 g/mol. The van der Waals surface area contributed by atoms with Crippen LogP contribution in [0.5, 0.6) is 0 Å². The number of amides is 1. The minimum atomic E-state index is -0.952. The van der Waals surface area contributed by atoms with Crippen molar-refractivity contribution >= 4 is 41.2 Å². The summed E-state index contributed by atoms with van der Waals surface area (Å²) in [6, 6.07) is 0. The van der Waals surface area contributed by atoms with Crippen LogP contribution in [0.1, 0.15) is 19.8 Å². The van der Waals surface area contributed by atoms with Crippen molar-refractivity contribution in [2.45, 2.75) is 30.5 Å². The fourth-order valence-electron chi connectivity index (χ4n) is 1.92. The lowest BCUT2D eigenvalue weighted by atomic mass is 10.2. The Morgan fingerprint density at radius 2 is 2.10 bits per heavy atom. The minimum absolute atomic E-state index is 0.00521. The van der Waals surface area contributed by atoms with Gasteiger partial charge in [0.2, 0.25) is 0 Å². The van der Waals surface area contributed by atoms with Gasteiger partial charge in [-0.2, -0.15) is 0 Å². The minimum Gasteiger partial charge on any atom is -0.480 e. The molecule has 0 aromatic carbocycles. The third-order valence-corrected chi connectivity index (χ3v) is 5.75. The van der Waals surface area contributed by atoms with Crippen LogP contribution in [0.3, 0.4) is 0 Å². The van der Waals surface area contributed by atoms with Gasteiger partial charge in [0.05, 0.1) is 10.3 Å². The quantitative estimate of drug-likeness (QED) is 0.443. The molecule has 1 unspecified atom stereocenters. The van der Waals surface area contributed by atoms with Gasteiger partial charge in [-0.3, -0.25) is 14.4 Å². The number of ketones is 1. The van der Waals surface area contributed by atoms with Gasteiger partial charge in [0, 0.05) is 13.2 Å². The number of aliphatic carboxylic acids is 1. The van der Waals surface area contributed by atoms with Crippen LogP contribution in [0.2, 0.25) is 0 Å². The third-order valence-electron chi connectivity index (χ3n) is 2.93. The fraction of sp³-hybridized carbons (Fsp3) is 0.583. The number of Topliss-reactive ketones (excluding diaryl/α,β-unsaturated/α-hetero) is 1. The number of carboxylic acids is 1. The third kappa shape index (κ3) is 3.56. The van der Waals surface area contributed by atoms with Crippen LogP contribution in [0, 0.1) is 0 Å². The summed E-state index contributed by atoms with van der Waals surface area (Å²) in [4.78, 5) is 34.3. The Labute approximate surface area is 124 Å². The molecule has 1 atom stereocenters. The molecule has 2 saturated heterocycles. The molecule has 1 amide bonds. The zero-order valence-electron chi connectivity index (χ0n) is 10.9. The zero-order valence-corrected chi connectivity index (χ0v) is 12.5. The molecule has 2 N–H and O–H groups in total. The van der Waals surface area contributed by atoms with Gasteiger partial charge in [-0.1, -0.05) is 23.5 Å². The predicted molar refractivity (Wildman–Crippen MR) is 76.3 cm³/mol. The van der Waals surface area contributed by atoms with E-state index in [1.54, 1.807) is 0 Å². The highest BCUT2D eigenvalue weighted by molar-refractivity contribution is 8.39. The first kappa shape index (κ1) is 15.4. The smallest absolute Gasteiger partial charge is 0.327 e. The Hall–Kier alpha value is -0.990. The molecule has 2 rings (SSSR count). The zero-order chi connectivity index (χ0) is 14.7. The van der Waals surface area contributed by atoms with Crippen LogP contribution >= 0.6 is 23.5 Å². The maximum absolute atomic E-state index is 12.0. The Bertz CT molecular complexity index is 462. The van der Waals surface area contributed by atoms with Gasteiger partial charge < -0.3 is 15.2 Å². The molecule has 0 aromatic rings. The van der Waals surface area contributed by atoms with E-state index in [-0.39, 0.29) is 17.5 Å². The van der Waals surface area contributed by atoms with E-state index >= 15 is 0 Å². The molecule has 0 saturated carbocycles. The summed E-state index contributed by atoms with van der Waals surface area (Å²) in [5.41, 5.74) is 0.0514. The van der Waals surface area contributed by atoms with Crippen LogP contribution in [-0.4, -0.2) is 46.6 Å². The number of carbonyl (C=O) groups is 3. The molecule has 6 nitrogen and oxygen atoms in total. The second-order valence-electron chi connectivity index (χ2n) is 4.47. The molecular formula is C12H15NO5S2. The van der Waals surface area contributed by atoms with Gasteiger partial charge in [-0.05, 0) is 19.8 Å². The molecule has 110 valence electrons. The van der Waals surface area contributed by atoms with Crippen molar-refractivity contribution in [1.29, 1.82) is 0 Å². The van der Waals surface area contributed by atoms with E-state index in [1.165, 1.54) is 6.92 Å². The maximum Gasteiger partial charge on any atom is 0.327 e. The molecule has 20 heavy (non-hydrogen) atoms. The molecule has 0 aliphatic carbocycles. The molecule has 2 fully saturated rings. The largest absolute Gasteiger partial charge is 0.480 e. The van der Waals surface area contributed by atoms with Gasteiger partial charge in [0.15, 0.2) is 10.4 Å². The van der Waals surface area contributed by atoms with E-state index in [1.807, 2.05) is 0 Å². The summed E-state index contributed by atoms with van der Waals surface area (Å²) in [5, 5.41) is 11.5. The highest BCUT2D eigenvalue weighted by Gasteiger charge is 2.37. The van der Waals surface area contributed by atoms with Crippen molar-refractivity contribution in [2.24, 2.45) is 0 Å². The number of hydrogen-bond donors (Lipinski definition) is 2. The van der Waals surface area contributed by atoms with Crippen LogP contribution in [0.4, 0.5) is 0 Å². The predicted octanol–water partition coefficient (Wildman–Crippen LogP) is 0.973. The summed E-state index contributed by atoms with van der Waals surface area (Å²) < 4.78 is 5.24. The van der Waals surface area contributed by atoms with Crippen molar-refractivity contribution in [3.8, 4) is 0 Å². The van der Waals surface area contributed by atoms with Crippen LogP contribution in [-0.2, 0) is 19.1 Å². The lowest BCUT2D eigenvalue weighted by Gasteiger charge is -2.25. The molecule has 0 bridgehead atoms. The van der Waals surface area contributed by atoms with Crippen molar-refractivity contribution in [3.63, 3.8) is 0 Å². The Morgan fingerprint density at radius 1 is 1.40 bits per heavy atom. The number of hydrogen-bond acceptors (Lipinski definition) is 6. The Morgan fingerprint density at radius 3 is 2.60 bits per heavy atom. The molecule has 0 aromatic heterocycles. The van der Waals surface area contributed by atoms with E-state index in [4.69, 9.17) is 9.84 Å². The van der Waals surface area contributed by atoms with E-state index in [0.717, 1.165) is 36.4 Å². The van der Waals surface area contributed by atoms with Crippen LogP contribution in [0.25, 0.3) is 0 Å². The average molecular weight is 317 g/mol. The first-order valence-corrected chi connectivity index (χ1v) is 7.96. The van der Waals surface area contributed by atoms with Gasteiger partial charge in [0.1, 0.15) is 5.57 Å². The van der Waals surface area contributed by atoms with Crippen LogP contribution in [0.15, 0.2) is 9.81 Å². The normalized spacial score (nSPS) is 24.9. The van der Waals surface area contributed by atoms with E-state index in [2.05, 4.69) is 5.32 Å². The summed E-state index contributed by atoms with van der Waals surface area (Å²) in [6.45, 7) is 2.39. The van der Waals surface area contributed by atoms with Crippen molar-refractivity contribution in [3.05, 3.63) is 9.81 Å². The first-order valence-electron chi connectivity index (χ1n) is 6.20. The second-order valence-corrected chi connectivity index (χ2v) is 7.26. The standard InChI is InChI=1S/C12H15NO5S2/c1-6(14)8(11-19-12(20-11)10(16)17)9(15)13-5-7-3-2-4-18-7/h7,12H,2-5H2,1H3,(H,13,15)(H,16,17). The van der Waals surface area contributed by atoms with Gasteiger partial charge in [-0.15, -0.1) is 0 Å². The summed E-state index contributed by atoms with van der Waals surface area (Å²) in [7, 11) is 0. The number of carbonyl (C=O) groups excluding carboxylic acids is 2. The van der Waals surface area contributed by atoms with Crippen LogP contribution < -0.4 is 5.32 Å². The summed E-state index contributed by atoms with van der Waals surface area (Å²) in [6.07, 6.45) is 1.88. The number of nitrogens with one attached hydrogen (secondary N) is 1. The highest BCUT2D eigenvalue weighted by atomic mass is 32.3. The Balaban J connectivity index is 1.95. The number of rotatable bonds is 5. The summed E-state index contributed by atoms with van der Waals surface area (Å²) >= 11 is 2.07. The average Bonchev–Trinajstić information content (AvgIpc) is 2.81. The molecule has 2 aliphatic heterocycles. The molecule has 0 spiro atoms. The first-order chi connectivity index (χ1) is 9.49. The molecule has 2 heterocycles. The van der Waals surface area contributed by atoms with Crippen molar-refractivity contribution in [1.82, 2.24) is 5.32 Å². The molecule has 0 radical (unpaired) electrons. The van der Waals surface area contributed by atoms with Gasteiger partial charge in [0.25, 0.3) is 5.91 Å². The lowest BCUT2D eigenvalue weighted by molar-refractivity contribution is -0.134. The van der Waals surface area contributed by atoms with Crippen molar-refractivity contribution in [2.75, 3.05) is 13.2 Å². The number of ether oxygens (including phenoxy) is 1. The van der Waals surface area contributed by atoms with Gasteiger partial charge in [-0.25, -0.2) is 0 Å². The maximum atomic E-state index is 12.0. The molecule has 2 aliphatic rings. The lowest BCUT2D eigenvalue weighted by Crippen LogP contribution is -2.35. The SMILES string of the molecule is CC(=O)C(C(=O)NCC1CCCO1)=C1SC(C(=O)O)S1. The number of thioether (sulfide) groups is 2. The van der Waals surface area contributed by atoms with Crippen molar-refractivity contribution < 1.29 is 24.2 Å². The highest BCUT2D eigenvalue weighted by Crippen LogP contribution is 2.52. The second kappa shape index (κ2) is 6.64.